The van der Waals surface area contributed by atoms with Gasteiger partial charge in [-0.3, -0.25) is 4.98 Å². The van der Waals surface area contributed by atoms with Crippen molar-refractivity contribution in [3.8, 4) is 17.6 Å². The second-order valence-corrected chi connectivity index (χ2v) is 8.88. The minimum absolute atomic E-state index is 0.103. The van der Waals surface area contributed by atoms with Gasteiger partial charge in [-0.1, -0.05) is 56.3 Å². The summed E-state index contributed by atoms with van der Waals surface area (Å²) in [6.07, 6.45) is 3.78. The molecule has 3 aromatic rings. The summed E-state index contributed by atoms with van der Waals surface area (Å²) in [7, 11) is 3.51. The van der Waals surface area contributed by atoms with Crippen LogP contribution in [0.25, 0.3) is 0 Å². The molecule has 2 aliphatic rings. The maximum atomic E-state index is 12.3. The van der Waals surface area contributed by atoms with E-state index in [2.05, 4.69) is 42.4 Å². The summed E-state index contributed by atoms with van der Waals surface area (Å²) in [5, 5.41) is 24.5. The third-order valence-electron chi connectivity index (χ3n) is 6.97. The number of hydrogen-bond acceptors (Lipinski definition) is 6. The Hall–Kier alpha value is -3.40. The Balaban J connectivity index is 0.000000636. The molecular formula is C28H31N3O3. The van der Waals surface area contributed by atoms with Gasteiger partial charge in [0.1, 0.15) is 17.1 Å². The van der Waals surface area contributed by atoms with Crippen LogP contribution >= 0.6 is 0 Å². The van der Waals surface area contributed by atoms with Crippen molar-refractivity contribution in [2.75, 3.05) is 20.7 Å². The van der Waals surface area contributed by atoms with Gasteiger partial charge >= 0.3 is 0 Å². The molecule has 6 nitrogen and oxygen atoms in total. The fourth-order valence-electron chi connectivity index (χ4n) is 5.56. The maximum absolute atomic E-state index is 12.3. The van der Waals surface area contributed by atoms with Crippen molar-refractivity contribution in [1.29, 1.82) is 5.26 Å². The first-order chi connectivity index (χ1) is 16.5. The maximum Gasteiger partial charge on any atom is 0.174 e. The standard InChI is InChI=1S/C25H22N2O3.C3H9N/c1-16-12-24(28)23-20(29-2)14-27-15-21(23)30-25(24,19-10-8-17(13-26)9-11-19)22(16)18-6-4-3-5-7-18;1-3-4-2/h3-11,14-16,22,28H,12H2,1-2H3;4H,3H2,1-2H3/t16?,22-,24+,25-;/m0./s1. The van der Waals surface area contributed by atoms with Crippen molar-refractivity contribution in [2.45, 2.75) is 37.4 Å². The highest BCUT2D eigenvalue weighted by Gasteiger charge is 2.71. The van der Waals surface area contributed by atoms with Gasteiger partial charge in [-0.05, 0) is 49.2 Å². The van der Waals surface area contributed by atoms with Gasteiger partial charge in [-0.25, -0.2) is 0 Å². The molecular weight excluding hydrogens is 426 g/mol. The zero-order valence-corrected chi connectivity index (χ0v) is 20.1. The zero-order chi connectivity index (χ0) is 24.3. The van der Waals surface area contributed by atoms with Crippen molar-refractivity contribution in [3.05, 3.63) is 89.2 Å². The molecule has 6 heteroatoms. The Morgan fingerprint density at radius 3 is 2.44 bits per heavy atom. The van der Waals surface area contributed by atoms with Gasteiger partial charge in [-0.2, -0.15) is 5.26 Å². The van der Waals surface area contributed by atoms with E-state index in [1.165, 1.54) is 0 Å². The minimum atomic E-state index is -1.30. The van der Waals surface area contributed by atoms with E-state index in [9.17, 15) is 10.4 Å². The van der Waals surface area contributed by atoms with Gasteiger partial charge in [0.15, 0.2) is 5.60 Å². The smallest absolute Gasteiger partial charge is 0.174 e. The third-order valence-corrected chi connectivity index (χ3v) is 6.97. The molecule has 1 aliphatic carbocycles. The molecule has 1 unspecified atom stereocenters. The molecule has 176 valence electrons. The van der Waals surface area contributed by atoms with Gasteiger partial charge in [-0.15, -0.1) is 0 Å². The predicted octanol–water partition coefficient (Wildman–Crippen LogP) is 4.49. The number of nitrogens with zero attached hydrogens (tertiary/aromatic N) is 2. The van der Waals surface area contributed by atoms with Crippen LogP contribution in [-0.4, -0.2) is 30.8 Å². The number of aromatic nitrogens is 1. The molecule has 1 aliphatic heterocycles. The van der Waals surface area contributed by atoms with Gasteiger partial charge in [0.25, 0.3) is 0 Å². The fourth-order valence-corrected chi connectivity index (χ4v) is 5.56. The molecule has 34 heavy (non-hydrogen) atoms. The molecule has 0 spiro atoms. The van der Waals surface area contributed by atoms with Crippen molar-refractivity contribution < 1.29 is 14.6 Å². The van der Waals surface area contributed by atoms with E-state index in [1.54, 1.807) is 31.6 Å². The number of nitriles is 1. The molecule has 5 rings (SSSR count). The number of methoxy groups -OCH3 is 1. The molecule has 1 saturated carbocycles. The Kier molecular flexibility index (Phi) is 6.60. The summed E-state index contributed by atoms with van der Waals surface area (Å²) in [6.45, 7) is 5.29. The fraction of sp³-hybridized carbons (Fsp3) is 0.357. The lowest BCUT2D eigenvalue weighted by atomic mass is 9.71. The second kappa shape index (κ2) is 9.46. The van der Waals surface area contributed by atoms with Crippen LogP contribution in [0.5, 0.6) is 11.5 Å². The van der Waals surface area contributed by atoms with Gasteiger partial charge in [0.05, 0.1) is 36.7 Å². The monoisotopic (exact) mass is 457 g/mol. The van der Waals surface area contributed by atoms with Crippen LogP contribution in [0, 0.1) is 17.2 Å². The number of fused-ring (bicyclic) bond motifs is 3. The van der Waals surface area contributed by atoms with Gasteiger partial charge in [0.2, 0.25) is 0 Å². The topological polar surface area (TPSA) is 87.4 Å². The third kappa shape index (κ3) is 3.53. The van der Waals surface area contributed by atoms with Crippen LogP contribution in [0.2, 0.25) is 0 Å². The molecule has 0 bridgehead atoms. The molecule has 0 saturated heterocycles. The summed E-state index contributed by atoms with van der Waals surface area (Å²) in [5.41, 5.74) is 0.793. The number of nitrogens with one attached hydrogen (secondary N) is 1. The zero-order valence-electron chi connectivity index (χ0n) is 20.1. The van der Waals surface area contributed by atoms with E-state index in [1.807, 2.05) is 37.4 Å². The van der Waals surface area contributed by atoms with Crippen molar-refractivity contribution >= 4 is 0 Å². The summed E-state index contributed by atoms with van der Waals surface area (Å²) < 4.78 is 12.3. The Morgan fingerprint density at radius 2 is 1.85 bits per heavy atom. The largest absolute Gasteiger partial charge is 0.495 e. The van der Waals surface area contributed by atoms with Crippen LogP contribution < -0.4 is 14.8 Å². The van der Waals surface area contributed by atoms with Crippen LogP contribution in [0.15, 0.2) is 67.0 Å². The van der Waals surface area contributed by atoms with Crippen LogP contribution in [0.3, 0.4) is 0 Å². The first-order valence-corrected chi connectivity index (χ1v) is 11.6. The van der Waals surface area contributed by atoms with E-state index in [-0.39, 0.29) is 11.8 Å². The van der Waals surface area contributed by atoms with E-state index >= 15 is 0 Å². The lowest BCUT2D eigenvalue weighted by Gasteiger charge is -2.40. The summed E-state index contributed by atoms with van der Waals surface area (Å²) in [5.74, 6) is 1.09. The number of rotatable bonds is 4. The van der Waals surface area contributed by atoms with E-state index < -0.39 is 11.2 Å². The quantitative estimate of drug-likeness (QED) is 0.600. The van der Waals surface area contributed by atoms with Crippen LogP contribution in [0.1, 0.15) is 48.4 Å². The lowest BCUT2D eigenvalue weighted by molar-refractivity contribution is -0.106. The average molecular weight is 458 g/mol. The molecule has 4 atom stereocenters. The van der Waals surface area contributed by atoms with Gasteiger partial charge < -0.3 is 19.9 Å². The minimum Gasteiger partial charge on any atom is -0.495 e. The average Bonchev–Trinajstić information content (AvgIpc) is 3.26. The van der Waals surface area contributed by atoms with Crippen molar-refractivity contribution in [1.82, 2.24) is 10.3 Å². The molecule has 1 fully saturated rings. The van der Waals surface area contributed by atoms with E-state index in [4.69, 9.17) is 9.47 Å². The summed E-state index contributed by atoms with van der Waals surface area (Å²) >= 11 is 0. The van der Waals surface area contributed by atoms with Crippen molar-refractivity contribution in [3.63, 3.8) is 0 Å². The van der Waals surface area contributed by atoms with E-state index in [0.29, 0.717) is 29.0 Å². The molecule has 0 amide bonds. The number of hydrogen-bond donors (Lipinski definition) is 2. The highest BCUT2D eigenvalue weighted by Crippen LogP contribution is 2.69. The highest BCUT2D eigenvalue weighted by atomic mass is 16.5. The Bertz CT molecular complexity index is 1170. The molecule has 2 heterocycles. The van der Waals surface area contributed by atoms with Crippen LogP contribution in [-0.2, 0) is 11.2 Å². The summed E-state index contributed by atoms with van der Waals surface area (Å²) in [4.78, 5) is 4.25. The second-order valence-electron chi connectivity index (χ2n) is 8.88. The highest BCUT2D eigenvalue weighted by molar-refractivity contribution is 5.58. The first-order valence-electron chi connectivity index (χ1n) is 11.6. The Labute approximate surface area is 201 Å². The first kappa shape index (κ1) is 23.7. The molecule has 2 N–H and O–H groups in total. The normalized spacial score (nSPS) is 26.4. The Morgan fingerprint density at radius 1 is 1.18 bits per heavy atom. The van der Waals surface area contributed by atoms with Crippen molar-refractivity contribution in [2.24, 2.45) is 5.92 Å². The van der Waals surface area contributed by atoms with E-state index in [0.717, 1.165) is 17.7 Å². The number of ether oxygens (including phenoxy) is 2. The predicted molar refractivity (Wildman–Crippen MR) is 131 cm³/mol. The molecule has 2 aromatic carbocycles. The van der Waals surface area contributed by atoms with Crippen LogP contribution in [0.4, 0.5) is 0 Å². The molecule has 1 aromatic heterocycles. The molecule has 0 radical (unpaired) electrons. The lowest BCUT2D eigenvalue weighted by Crippen LogP contribution is -2.48. The number of aliphatic hydroxyl groups is 1. The van der Waals surface area contributed by atoms with Gasteiger partial charge in [0, 0.05) is 5.92 Å². The summed E-state index contributed by atoms with van der Waals surface area (Å²) in [6, 6.07) is 19.7. The number of benzene rings is 2. The SMILES string of the molecule is CCNC.COc1cncc2c1[C@]1(O)CC(C)[C@@H](c3ccccc3)[C@]1(c1ccc(C#N)cc1)O2. The number of pyridine rings is 1.